The maximum atomic E-state index is 12.3. The number of hydrogen-bond acceptors (Lipinski definition) is 1. The van der Waals surface area contributed by atoms with E-state index in [-0.39, 0.29) is 6.42 Å². The Balaban J connectivity index is 2.78. The minimum Gasteiger partial charge on any atom is -0.260 e. The van der Waals surface area contributed by atoms with Gasteiger partial charge in [-0.25, -0.2) is 0 Å². The van der Waals surface area contributed by atoms with Gasteiger partial charge in [-0.05, 0) is 34.5 Å². The third-order valence-corrected chi connectivity index (χ3v) is 3.01. The summed E-state index contributed by atoms with van der Waals surface area (Å²) in [6, 6.07) is 1.67. The second-order valence-corrected chi connectivity index (χ2v) is 4.43. The summed E-state index contributed by atoms with van der Waals surface area (Å²) in [4.78, 5) is 3.95. The highest BCUT2D eigenvalue weighted by Gasteiger charge is 2.35. The molecule has 1 aromatic rings. The SMILES string of the molecule is Cc1cc(C[C@@H](C)C(F)(F)F)ncc1Br. The normalized spacial score (nSPS) is 14.0. The monoisotopic (exact) mass is 281 g/mol. The Hall–Kier alpha value is -0.580. The van der Waals surface area contributed by atoms with Gasteiger partial charge in [0.05, 0.1) is 5.92 Å². The smallest absolute Gasteiger partial charge is 0.260 e. The molecule has 84 valence electrons. The van der Waals surface area contributed by atoms with Crippen molar-refractivity contribution in [2.24, 2.45) is 5.92 Å². The lowest BCUT2D eigenvalue weighted by atomic mass is 10.0. The van der Waals surface area contributed by atoms with Gasteiger partial charge in [0, 0.05) is 22.8 Å². The number of hydrogen-bond donors (Lipinski definition) is 0. The van der Waals surface area contributed by atoms with Crippen LogP contribution in [0.15, 0.2) is 16.7 Å². The molecule has 5 heteroatoms. The molecule has 1 aromatic heterocycles. The highest BCUT2D eigenvalue weighted by Crippen LogP contribution is 2.28. The highest BCUT2D eigenvalue weighted by molar-refractivity contribution is 9.10. The van der Waals surface area contributed by atoms with Gasteiger partial charge in [-0.2, -0.15) is 13.2 Å². The predicted octanol–water partition coefficient (Wildman–Crippen LogP) is 3.89. The summed E-state index contributed by atoms with van der Waals surface area (Å²) in [7, 11) is 0. The van der Waals surface area contributed by atoms with Crippen molar-refractivity contribution in [3.63, 3.8) is 0 Å². The third-order valence-electron chi connectivity index (χ3n) is 2.18. The molecule has 0 unspecified atom stereocenters. The van der Waals surface area contributed by atoms with E-state index in [4.69, 9.17) is 0 Å². The van der Waals surface area contributed by atoms with Crippen molar-refractivity contribution in [1.29, 1.82) is 0 Å². The Morgan fingerprint density at radius 3 is 2.53 bits per heavy atom. The van der Waals surface area contributed by atoms with Crippen LogP contribution in [0.25, 0.3) is 0 Å². The molecule has 15 heavy (non-hydrogen) atoms. The van der Waals surface area contributed by atoms with E-state index < -0.39 is 12.1 Å². The molecule has 1 atom stereocenters. The van der Waals surface area contributed by atoms with E-state index in [0.717, 1.165) is 10.0 Å². The van der Waals surface area contributed by atoms with E-state index in [1.54, 1.807) is 6.07 Å². The molecule has 1 nitrogen and oxygen atoms in total. The minimum absolute atomic E-state index is 0.0718. The average molecular weight is 282 g/mol. The molecule has 0 amide bonds. The first-order valence-corrected chi connectivity index (χ1v) is 5.27. The molecule has 0 radical (unpaired) electrons. The molecule has 0 aromatic carbocycles. The number of aromatic nitrogens is 1. The number of halogens is 4. The Kier molecular flexibility index (Phi) is 3.76. The standard InChI is InChI=1S/C10H11BrF3N/c1-6-3-8(15-5-9(6)11)4-7(2)10(12,13)14/h3,5,7H,4H2,1-2H3/t7-/m1/s1. The van der Waals surface area contributed by atoms with Crippen LogP contribution >= 0.6 is 15.9 Å². The summed E-state index contributed by atoms with van der Waals surface area (Å²) in [6.07, 6.45) is -2.69. The molecule has 0 saturated carbocycles. The lowest BCUT2D eigenvalue weighted by Crippen LogP contribution is -2.22. The first-order valence-electron chi connectivity index (χ1n) is 4.48. The van der Waals surface area contributed by atoms with Crippen LogP contribution in [0.1, 0.15) is 18.2 Å². The summed E-state index contributed by atoms with van der Waals surface area (Å²) >= 11 is 3.25. The Morgan fingerprint density at radius 2 is 2.07 bits per heavy atom. The van der Waals surface area contributed by atoms with Crippen LogP contribution in [-0.2, 0) is 6.42 Å². The maximum absolute atomic E-state index is 12.3. The second-order valence-electron chi connectivity index (χ2n) is 3.57. The number of pyridine rings is 1. The van der Waals surface area contributed by atoms with E-state index in [0.29, 0.717) is 5.69 Å². The number of nitrogens with zero attached hydrogens (tertiary/aromatic N) is 1. The lowest BCUT2D eigenvalue weighted by molar-refractivity contribution is -0.169. The molecule has 1 rings (SSSR count). The lowest BCUT2D eigenvalue weighted by Gasteiger charge is -2.15. The average Bonchev–Trinajstić information content (AvgIpc) is 2.10. The van der Waals surface area contributed by atoms with Gasteiger partial charge in [-0.1, -0.05) is 6.92 Å². The van der Waals surface area contributed by atoms with E-state index in [1.165, 1.54) is 13.1 Å². The van der Waals surface area contributed by atoms with E-state index in [1.807, 2.05) is 6.92 Å². The van der Waals surface area contributed by atoms with Crippen molar-refractivity contribution in [3.8, 4) is 0 Å². The summed E-state index contributed by atoms with van der Waals surface area (Å²) < 4.78 is 37.6. The van der Waals surface area contributed by atoms with Crippen LogP contribution in [0.2, 0.25) is 0 Å². The second kappa shape index (κ2) is 4.51. The molecule has 0 aliphatic carbocycles. The summed E-state index contributed by atoms with van der Waals surface area (Å²) in [6.45, 7) is 2.99. The zero-order valence-electron chi connectivity index (χ0n) is 8.40. The number of aryl methyl sites for hydroxylation is 1. The Labute approximate surface area is 94.8 Å². The Morgan fingerprint density at radius 1 is 1.47 bits per heavy atom. The summed E-state index contributed by atoms with van der Waals surface area (Å²) in [5.41, 5.74) is 1.37. The van der Waals surface area contributed by atoms with Crippen molar-refractivity contribution in [3.05, 3.63) is 28.0 Å². The molecule has 1 heterocycles. The van der Waals surface area contributed by atoms with Gasteiger partial charge in [-0.3, -0.25) is 4.98 Å². The zero-order valence-corrected chi connectivity index (χ0v) is 9.98. The quantitative estimate of drug-likeness (QED) is 0.801. The van der Waals surface area contributed by atoms with Crippen molar-refractivity contribution >= 4 is 15.9 Å². The van der Waals surface area contributed by atoms with Crippen LogP contribution in [-0.4, -0.2) is 11.2 Å². The van der Waals surface area contributed by atoms with Gasteiger partial charge in [0.1, 0.15) is 0 Å². The minimum atomic E-state index is -4.15. The summed E-state index contributed by atoms with van der Waals surface area (Å²) in [5, 5.41) is 0. The van der Waals surface area contributed by atoms with Crippen LogP contribution in [0.4, 0.5) is 13.2 Å². The van der Waals surface area contributed by atoms with Gasteiger partial charge in [-0.15, -0.1) is 0 Å². The fourth-order valence-corrected chi connectivity index (χ4v) is 1.36. The molecule has 0 fully saturated rings. The van der Waals surface area contributed by atoms with Crippen molar-refractivity contribution in [2.45, 2.75) is 26.4 Å². The van der Waals surface area contributed by atoms with Gasteiger partial charge < -0.3 is 0 Å². The number of rotatable bonds is 2. The van der Waals surface area contributed by atoms with Gasteiger partial charge in [0.25, 0.3) is 0 Å². The first kappa shape index (κ1) is 12.5. The zero-order chi connectivity index (χ0) is 11.6. The fraction of sp³-hybridized carbons (Fsp3) is 0.500. The van der Waals surface area contributed by atoms with E-state index >= 15 is 0 Å². The molecule has 0 aliphatic rings. The van der Waals surface area contributed by atoms with Gasteiger partial charge >= 0.3 is 6.18 Å². The van der Waals surface area contributed by atoms with Crippen molar-refractivity contribution in [2.75, 3.05) is 0 Å². The first-order chi connectivity index (χ1) is 6.80. The van der Waals surface area contributed by atoms with Crippen LogP contribution in [0.5, 0.6) is 0 Å². The summed E-state index contributed by atoms with van der Waals surface area (Å²) in [5.74, 6) is -1.36. The molecule has 0 aliphatic heterocycles. The fourth-order valence-electron chi connectivity index (χ4n) is 1.14. The number of alkyl halides is 3. The predicted molar refractivity (Wildman–Crippen MR) is 55.6 cm³/mol. The molecular formula is C10H11BrF3N. The van der Waals surface area contributed by atoms with Crippen LogP contribution < -0.4 is 0 Å². The molecule has 0 bridgehead atoms. The Bertz CT molecular complexity index is 349. The van der Waals surface area contributed by atoms with Crippen molar-refractivity contribution < 1.29 is 13.2 Å². The van der Waals surface area contributed by atoms with Crippen LogP contribution in [0.3, 0.4) is 0 Å². The molecule has 0 N–H and O–H groups in total. The largest absolute Gasteiger partial charge is 0.391 e. The maximum Gasteiger partial charge on any atom is 0.391 e. The topological polar surface area (TPSA) is 12.9 Å². The molecule has 0 saturated heterocycles. The van der Waals surface area contributed by atoms with Gasteiger partial charge in [0.2, 0.25) is 0 Å². The van der Waals surface area contributed by atoms with Crippen molar-refractivity contribution in [1.82, 2.24) is 4.98 Å². The molecular weight excluding hydrogens is 271 g/mol. The van der Waals surface area contributed by atoms with E-state index in [9.17, 15) is 13.2 Å². The highest BCUT2D eigenvalue weighted by atomic mass is 79.9. The van der Waals surface area contributed by atoms with E-state index in [2.05, 4.69) is 20.9 Å². The van der Waals surface area contributed by atoms with Gasteiger partial charge in [0.15, 0.2) is 0 Å². The van der Waals surface area contributed by atoms with Crippen LogP contribution in [0, 0.1) is 12.8 Å². The molecule has 0 spiro atoms. The third kappa shape index (κ3) is 3.48.